The van der Waals surface area contributed by atoms with Crippen LogP contribution in [0, 0.1) is 10.1 Å². The van der Waals surface area contributed by atoms with E-state index in [0.717, 1.165) is 30.2 Å². The van der Waals surface area contributed by atoms with Crippen molar-refractivity contribution in [3.05, 3.63) is 32.8 Å². The molecule has 0 saturated carbocycles. The third-order valence-electron chi connectivity index (χ3n) is 2.41. The van der Waals surface area contributed by atoms with Gasteiger partial charge >= 0.3 is 0 Å². The van der Waals surface area contributed by atoms with Crippen LogP contribution in [-0.2, 0) is 0 Å². The number of nitro groups is 1. The third-order valence-corrected chi connectivity index (χ3v) is 3.33. The highest BCUT2D eigenvalue weighted by Crippen LogP contribution is 2.29. The van der Waals surface area contributed by atoms with Gasteiger partial charge in [-0.15, -0.1) is 11.6 Å². The summed E-state index contributed by atoms with van der Waals surface area (Å²) in [5.41, 5.74) is 0.0374. The second kappa shape index (κ2) is 8.32. The summed E-state index contributed by atoms with van der Waals surface area (Å²) in [6, 6.07) is 4.50. The number of nitro benzene ring substituents is 1. The molecule has 1 aromatic rings. The second-order valence-electron chi connectivity index (χ2n) is 3.82. The van der Waals surface area contributed by atoms with Gasteiger partial charge in [0, 0.05) is 11.9 Å². The van der Waals surface area contributed by atoms with Gasteiger partial charge in [0.25, 0.3) is 5.69 Å². The van der Waals surface area contributed by atoms with Crippen molar-refractivity contribution in [2.75, 3.05) is 12.5 Å². The lowest BCUT2D eigenvalue weighted by molar-refractivity contribution is -0.385. The average Bonchev–Trinajstić information content (AvgIpc) is 2.35. The van der Waals surface area contributed by atoms with Gasteiger partial charge in [0.15, 0.2) is 0 Å². The minimum atomic E-state index is -0.431. The van der Waals surface area contributed by atoms with Crippen LogP contribution < -0.4 is 4.74 Å². The number of hydrogen-bond acceptors (Lipinski definition) is 3. The van der Waals surface area contributed by atoms with Crippen LogP contribution in [-0.4, -0.2) is 17.4 Å². The lowest BCUT2D eigenvalue weighted by Crippen LogP contribution is -1.99. The van der Waals surface area contributed by atoms with E-state index in [1.54, 1.807) is 6.07 Å². The number of nitrogens with zero attached hydrogens (tertiary/aromatic N) is 1. The van der Waals surface area contributed by atoms with E-state index in [2.05, 4.69) is 15.9 Å². The summed E-state index contributed by atoms with van der Waals surface area (Å²) in [6.45, 7) is 0.558. The van der Waals surface area contributed by atoms with Gasteiger partial charge in [-0.25, -0.2) is 0 Å². The van der Waals surface area contributed by atoms with Gasteiger partial charge < -0.3 is 4.74 Å². The fourth-order valence-corrected chi connectivity index (χ4v) is 2.00. The minimum Gasteiger partial charge on any atom is -0.492 e. The van der Waals surface area contributed by atoms with Crippen molar-refractivity contribution < 1.29 is 9.66 Å². The van der Waals surface area contributed by atoms with Crippen molar-refractivity contribution in [3.8, 4) is 5.75 Å². The van der Waals surface area contributed by atoms with Gasteiger partial charge in [-0.2, -0.15) is 0 Å². The average molecular weight is 337 g/mol. The molecule has 0 N–H and O–H groups in total. The summed E-state index contributed by atoms with van der Waals surface area (Å²) >= 11 is 8.89. The molecule has 0 amide bonds. The van der Waals surface area contributed by atoms with Crippen LogP contribution in [0.25, 0.3) is 0 Å². The normalized spacial score (nSPS) is 10.3. The zero-order valence-corrected chi connectivity index (χ0v) is 12.2. The Morgan fingerprint density at radius 3 is 2.67 bits per heavy atom. The SMILES string of the molecule is O=[N+]([O-])c1ccc(Br)c(OCCCCCCCl)c1. The Hall–Kier alpha value is -0.810. The number of halogens is 2. The zero-order chi connectivity index (χ0) is 13.4. The summed E-state index contributed by atoms with van der Waals surface area (Å²) in [7, 11) is 0. The Bertz CT molecular complexity index is 401. The molecular formula is C12H15BrClNO3. The summed E-state index contributed by atoms with van der Waals surface area (Å²) in [5, 5.41) is 10.6. The number of rotatable bonds is 8. The maximum atomic E-state index is 10.6. The maximum Gasteiger partial charge on any atom is 0.273 e. The Kier molecular flexibility index (Phi) is 7.05. The van der Waals surface area contributed by atoms with Gasteiger partial charge in [0.1, 0.15) is 5.75 Å². The summed E-state index contributed by atoms with van der Waals surface area (Å²) in [4.78, 5) is 10.2. The molecule has 100 valence electrons. The van der Waals surface area contributed by atoms with Crippen LogP contribution in [0.1, 0.15) is 25.7 Å². The minimum absolute atomic E-state index is 0.0374. The van der Waals surface area contributed by atoms with Gasteiger partial charge in [-0.1, -0.05) is 12.8 Å². The molecule has 1 aromatic carbocycles. The van der Waals surface area contributed by atoms with Crippen LogP contribution in [0.15, 0.2) is 22.7 Å². The van der Waals surface area contributed by atoms with E-state index < -0.39 is 4.92 Å². The molecule has 0 atom stereocenters. The van der Waals surface area contributed by atoms with E-state index in [1.165, 1.54) is 12.1 Å². The summed E-state index contributed by atoms with van der Waals surface area (Å²) in [6.07, 6.45) is 4.08. The Labute approximate surface area is 120 Å². The van der Waals surface area contributed by atoms with Gasteiger partial charge in [-0.05, 0) is 34.8 Å². The molecule has 0 unspecified atom stereocenters. The first kappa shape index (κ1) is 15.2. The zero-order valence-electron chi connectivity index (χ0n) is 9.90. The van der Waals surface area contributed by atoms with E-state index >= 15 is 0 Å². The number of ether oxygens (including phenoxy) is 1. The van der Waals surface area contributed by atoms with Gasteiger partial charge in [0.05, 0.1) is 22.1 Å². The van der Waals surface area contributed by atoms with Crippen molar-refractivity contribution >= 4 is 33.2 Å². The van der Waals surface area contributed by atoms with E-state index in [9.17, 15) is 10.1 Å². The van der Waals surface area contributed by atoms with Crippen molar-refractivity contribution in [1.82, 2.24) is 0 Å². The molecule has 0 aliphatic carbocycles. The largest absolute Gasteiger partial charge is 0.492 e. The molecular weight excluding hydrogens is 321 g/mol. The van der Waals surface area contributed by atoms with Crippen LogP contribution in [0.3, 0.4) is 0 Å². The molecule has 0 saturated heterocycles. The molecule has 0 aliphatic rings. The predicted molar refractivity (Wildman–Crippen MR) is 75.5 cm³/mol. The van der Waals surface area contributed by atoms with Crippen LogP contribution >= 0.6 is 27.5 Å². The Morgan fingerprint density at radius 2 is 2.00 bits per heavy atom. The smallest absolute Gasteiger partial charge is 0.273 e. The molecule has 0 heterocycles. The number of non-ortho nitro benzene ring substituents is 1. The van der Waals surface area contributed by atoms with Crippen molar-refractivity contribution in [1.29, 1.82) is 0 Å². The highest BCUT2D eigenvalue weighted by Gasteiger charge is 2.10. The highest BCUT2D eigenvalue weighted by molar-refractivity contribution is 9.10. The summed E-state index contributed by atoms with van der Waals surface area (Å²) < 4.78 is 6.25. The van der Waals surface area contributed by atoms with Crippen LogP contribution in [0.5, 0.6) is 5.75 Å². The number of alkyl halides is 1. The molecule has 0 aromatic heterocycles. The maximum absolute atomic E-state index is 10.6. The molecule has 6 heteroatoms. The van der Waals surface area contributed by atoms with Crippen molar-refractivity contribution in [2.24, 2.45) is 0 Å². The lowest BCUT2D eigenvalue weighted by Gasteiger charge is -2.07. The Balaban J connectivity index is 2.41. The van der Waals surface area contributed by atoms with Crippen molar-refractivity contribution in [3.63, 3.8) is 0 Å². The first-order chi connectivity index (χ1) is 8.65. The first-order valence-corrected chi connectivity index (χ1v) is 7.10. The van der Waals surface area contributed by atoms with Gasteiger partial charge in [0.2, 0.25) is 0 Å². The molecule has 4 nitrogen and oxygen atoms in total. The van der Waals surface area contributed by atoms with E-state index in [-0.39, 0.29) is 5.69 Å². The van der Waals surface area contributed by atoms with E-state index in [1.807, 2.05) is 0 Å². The molecule has 0 fully saturated rings. The topological polar surface area (TPSA) is 52.4 Å². The fourth-order valence-electron chi connectivity index (χ4n) is 1.45. The van der Waals surface area contributed by atoms with E-state index in [4.69, 9.17) is 16.3 Å². The highest BCUT2D eigenvalue weighted by atomic mass is 79.9. The van der Waals surface area contributed by atoms with E-state index in [0.29, 0.717) is 18.2 Å². The lowest BCUT2D eigenvalue weighted by atomic mass is 10.2. The quantitative estimate of drug-likeness (QED) is 0.303. The molecule has 0 spiro atoms. The number of benzene rings is 1. The predicted octanol–water partition coefficient (Wildman–Crippen LogP) is 4.54. The molecule has 0 aliphatic heterocycles. The monoisotopic (exact) mass is 335 g/mol. The van der Waals surface area contributed by atoms with Crippen LogP contribution in [0.4, 0.5) is 5.69 Å². The van der Waals surface area contributed by atoms with Gasteiger partial charge in [-0.3, -0.25) is 10.1 Å². The Morgan fingerprint density at radius 1 is 1.28 bits per heavy atom. The third kappa shape index (κ3) is 5.23. The standard InChI is InChI=1S/C12H15BrClNO3/c13-11-6-5-10(15(16)17)9-12(11)18-8-4-2-1-3-7-14/h5-6,9H,1-4,7-8H2. The van der Waals surface area contributed by atoms with Crippen molar-refractivity contribution in [2.45, 2.75) is 25.7 Å². The molecule has 0 bridgehead atoms. The fraction of sp³-hybridized carbons (Fsp3) is 0.500. The number of unbranched alkanes of at least 4 members (excludes halogenated alkanes) is 3. The van der Waals surface area contributed by atoms with Crippen LogP contribution in [0.2, 0.25) is 0 Å². The molecule has 18 heavy (non-hydrogen) atoms. The summed E-state index contributed by atoms with van der Waals surface area (Å²) in [5.74, 6) is 1.21. The second-order valence-corrected chi connectivity index (χ2v) is 5.06. The number of hydrogen-bond donors (Lipinski definition) is 0. The first-order valence-electron chi connectivity index (χ1n) is 5.78. The molecule has 1 rings (SSSR count). The molecule has 0 radical (unpaired) electrons.